The number of rotatable bonds is 6. The number of aromatic nitrogens is 2. The van der Waals surface area contributed by atoms with Crippen molar-refractivity contribution in [1.82, 2.24) is 19.8 Å². The molecule has 0 saturated carbocycles. The Labute approximate surface area is 179 Å². The predicted octanol–water partition coefficient (Wildman–Crippen LogP) is 3.55. The Kier molecular flexibility index (Phi) is 5.76. The Hall–Kier alpha value is -3.26. The fourth-order valence-electron chi connectivity index (χ4n) is 3.74. The van der Waals surface area contributed by atoms with E-state index in [0.717, 1.165) is 11.4 Å². The summed E-state index contributed by atoms with van der Waals surface area (Å²) in [4.78, 5) is 18.5. The SMILES string of the molecule is CCOC(=O)CN1C(=S)NC(c2ccccn2)C1c1cccn1-c1ccccc1F. The standard InChI is InChI=1S/C22H21FN4O2S/c1-2-29-19(28)14-27-21(20(25-22(27)30)16-9-5-6-12-24-16)18-11-7-13-26(18)17-10-4-3-8-15(17)23/h3-13,20-21H,2,14H2,1H3,(H,25,30). The summed E-state index contributed by atoms with van der Waals surface area (Å²) < 4.78 is 21.5. The number of thiocarbonyl (C=S) groups is 1. The number of carbonyl (C=O) groups excluding carboxylic acids is 1. The number of halogens is 1. The van der Waals surface area contributed by atoms with Crippen LogP contribution in [0.25, 0.3) is 5.69 Å². The first-order valence-electron chi connectivity index (χ1n) is 9.66. The third-order valence-corrected chi connectivity index (χ3v) is 5.35. The molecule has 1 fully saturated rings. The number of carbonyl (C=O) groups is 1. The van der Waals surface area contributed by atoms with Crippen molar-refractivity contribution in [2.75, 3.05) is 13.2 Å². The van der Waals surface area contributed by atoms with Crippen LogP contribution in [0.5, 0.6) is 0 Å². The van der Waals surface area contributed by atoms with E-state index in [4.69, 9.17) is 17.0 Å². The van der Waals surface area contributed by atoms with Gasteiger partial charge in [0.15, 0.2) is 5.11 Å². The molecule has 1 aromatic carbocycles. The number of hydrogen-bond acceptors (Lipinski definition) is 4. The Morgan fingerprint density at radius 1 is 1.20 bits per heavy atom. The van der Waals surface area contributed by atoms with Gasteiger partial charge in [0.1, 0.15) is 12.4 Å². The minimum Gasteiger partial charge on any atom is -0.465 e. The van der Waals surface area contributed by atoms with Crippen molar-refractivity contribution in [3.63, 3.8) is 0 Å². The minimum absolute atomic E-state index is 0.0177. The van der Waals surface area contributed by atoms with E-state index in [0.29, 0.717) is 10.8 Å². The van der Waals surface area contributed by atoms with Gasteiger partial charge in [0.2, 0.25) is 0 Å². The van der Waals surface area contributed by atoms with Gasteiger partial charge in [-0.3, -0.25) is 9.78 Å². The summed E-state index contributed by atoms with van der Waals surface area (Å²) in [6.07, 6.45) is 3.51. The molecule has 0 bridgehead atoms. The number of hydrogen-bond donors (Lipinski definition) is 1. The van der Waals surface area contributed by atoms with Crippen molar-refractivity contribution in [3.8, 4) is 5.69 Å². The molecule has 0 radical (unpaired) electrons. The number of para-hydroxylation sites is 1. The van der Waals surface area contributed by atoms with Gasteiger partial charge in [-0.25, -0.2) is 4.39 Å². The molecular formula is C22H21FN4O2S. The molecule has 1 N–H and O–H groups in total. The van der Waals surface area contributed by atoms with Gasteiger partial charge in [-0.1, -0.05) is 18.2 Å². The lowest BCUT2D eigenvalue weighted by atomic mass is 10.0. The molecule has 3 aromatic rings. The Morgan fingerprint density at radius 2 is 2.00 bits per heavy atom. The van der Waals surface area contributed by atoms with Crippen LogP contribution in [-0.4, -0.2) is 38.7 Å². The molecule has 0 amide bonds. The van der Waals surface area contributed by atoms with Crippen molar-refractivity contribution in [2.45, 2.75) is 19.0 Å². The van der Waals surface area contributed by atoms with E-state index in [1.165, 1.54) is 6.07 Å². The lowest BCUT2D eigenvalue weighted by Crippen LogP contribution is -2.36. The molecule has 0 aliphatic carbocycles. The first kappa shape index (κ1) is 20.0. The Balaban J connectivity index is 1.80. The van der Waals surface area contributed by atoms with E-state index in [-0.39, 0.29) is 37.0 Å². The van der Waals surface area contributed by atoms with Crippen molar-refractivity contribution < 1.29 is 13.9 Å². The number of esters is 1. The molecule has 1 aliphatic heterocycles. The van der Waals surface area contributed by atoms with Crippen molar-refractivity contribution >= 4 is 23.3 Å². The van der Waals surface area contributed by atoms with Crippen LogP contribution in [0.1, 0.15) is 30.4 Å². The molecule has 2 unspecified atom stereocenters. The molecule has 2 aromatic heterocycles. The highest BCUT2D eigenvalue weighted by atomic mass is 32.1. The second-order valence-electron chi connectivity index (χ2n) is 6.81. The summed E-state index contributed by atoms with van der Waals surface area (Å²) >= 11 is 5.55. The molecule has 30 heavy (non-hydrogen) atoms. The lowest BCUT2D eigenvalue weighted by molar-refractivity contribution is -0.143. The van der Waals surface area contributed by atoms with E-state index in [1.54, 1.807) is 47.0 Å². The fraction of sp³-hybridized carbons (Fsp3) is 0.227. The molecule has 4 rings (SSSR count). The number of benzene rings is 1. The maximum absolute atomic E-state index is 14.6. The molecule has 154 valence electrons. The van der Waals surface area contributed by atoms with Gasteiger partial charge in [0.25, 0.3) is 0 Å². The third-order valence-electron chi connectivity index (χ3n) is 5.00. The van der Waals surface area contributed by atoms with Crippen molar-refractivity contribution in [1.29, 1.82) is 0 Å². The zero-order valence-electron chi connectivity index (χ0n) is 16.4. The Bertz CT molecular complexity index is 1060. The van der Waals surface area contributed by atoms with E-state index >= 15 is 0 Å². The Morgan fingerprint density at radius 3 is 2.73 bits per heavy atom. The van der Waals surface area contributed by atoms with Crippen LogP contribution < -0.4 is 5.32 Å². The van der Waals surface area contributed by atoms with Crippen LogP contribution in [0, 0.1) is 5.82 Å². The molecule has 6 nitrogen and oxygen atoms in total. The monoisotopic (exact) mass is 424 g/mol. The van der Waals surface area contributed by atoms with Gasteiger partial charge < -0.3 is 19.5 Å². The quantitative estimate of drug-likeness (QED) is 0.483. The average Bonchev–Trinajstić information content (AvgIpc) is 3.34. The summed E-state index contributed by atoms with van der Waals surface area (Å²) in [7, 11) is 0. The fourth-order valence-corrected chi connectivity index (χ4v) is 4.05. The maximum Gasteiger partial charge on any atom is 0.325 e. The van der Waals surface area contributed by atoms with Gasteiger partial charge in [-0.05, 0) is 55.5 Å². The van der Waals surface area contributed by atoms with Crippen LogP contribution in [0.15, 0.2) is 67.0 Å². The molecule has 8 heteroatoms. The summed E-state index contributed by atoms with van der Waals surface area (Å²) in [6, 6.07) is 15.3. The minimum atomic E-state index is -0.383. The number of pyridine rings is 1. The summed E-state index contributed by atoms with van der Waals surface area (Å²) in [5.74, 6) is -0.716. The van der Waals surface area contributed by atoms with E-state index in [9.17, 15) is 9.18 Å². The zero-order valence-corrected chi connectivity index (χ0v) is 17.2. The van der Waals surface area contributed by atoms with Gasteiger partial charge >= 0.3 is 5.97 Å². The highest BCUT2D eigenvalue weighted by Gasteiger charge is 2.42. The summed E-state index contributed by atoms with van der Waals surface area (Å²) in [6.45, 7) is 2.03. The van der Waals surface area contributed by atoms with Crippen LogP contribution in [0.3, 0.4) is 0 Å². The smallest absolute Gasteiger partial charge is 0.325 e. The topological polar surface area (TPSA) is 59.4 Å². The number of nitrogens with zero attached hydrogens (tertiary/aromatic N) is 3. The van der Waals surface area contributed by atoms with Crippen LogP contribution in [-0.2, 0) is 9.53 Å². The van der Waals surface area contributed by atoms with Crippen LogP contribution in [0.2, 0.25) is 0 Å². The van der Waals surface area contributed by atoms with E-state index in [2.05, 4.69) is 10.3 Å². The molecule has 1 aliphatic rings. The number of nitrogens with one attached hydrogen (secondary N) is 1. The average molecular weight is 425 g/mol. The predicted molar refractivity (Wildman–Crippen MR) is 115 cm³/mol. The molecule has 1 saturated heterocycles. The second-order valence-corrected chi connectivity index (χ2v) is 7.20. The summed E-state index contributed by atoms with van der Waals surface area (Å²) in [5.41, 5.74) is 1.98. The van der Waals surface area contributed by atoms with Crippen molar-refractivity contribution in [3.05, 3.63) is 84.2 Å². The van der Waals surface area contributed by atoms with E-state index in [1.807, 2.05) is 30.3 Å². The second kappa shape index (κ2) is 8.62. The van der Waals surface area contributed by atoms with Crippen LogP contribution >= 0.6 is 12.2 Å². The lowest BCUT2D eigenvalue weighted by Gasteiger charge is -2.28. The van der Waals surface area contributed by atoms with Crippen molar-refractivity contribution in [2.24, 2.45) is 0 Å². The third kappa shape index (κ3) is 3.78. The summed E-state index contributed by atoms with van der Waals surface area (Å²) in [5, 5.41) is 3.70. The zero-order chi connectivity index (χ0) is 21.1. The highest BCUT2D eigenvalue weighted by Crippen LogP contribution is 2.39. The number of ether oxygens (including phenoxy) is 1. The van der Waals surface area contributed by atoms with E-state index < -0.39 is 0 Å². The maximum atomic E-state index is 14.6. The normalized spacial score (nSPS) is 18.3. The molecule has 2 atom stereocenters. The van der Waals surface area contributed by atoms with Gasteiger partial charge in [-0.15, -0.1) is 0 Å². The van der Waals surface area contributed by atoms with Gasteiger partial charge in [0.05, 0.1) is 30.1 Å². The first-order chi connectivity index (χ1) is 14.6. The van der Waals surface area contributed by atoms with Crippen LogP contribution in [0.4, 0.5) is 4.39 Å². The first-order valence-corrected chi connectivity index (χ1v) is 10.1. The molecule has 3 heterocycles. The van der Waals surface area contributed by atoms with Gasteiger partial charge in [-0.2, -0.15) is 0 Å². The van der Waals surface area contributed by atoms with Gasteiger partial charge in [0, 0.05) is 18.1 Å². The molecule has 0 spiro atoms. The largest absolute Gasteiger partial charge is 0.465 e. The molecular weight excluding hydrogens is 403 g/mol. The highest BCUT2D eigenvalue weighted by molar-refractivity contribution is 7.80.